The van der Waals surface area contributed by atoms with Gasteiger partial charge in [0.25, 0.3) is 0 Å². The normalized spacial score (nSPS) is 21.2. The van der Waals surface area contributed by atoms with Gasteiger partial charge in [-0.25, -0.2) is 13.4 Å². The Labute approximate surface area is 110 Å². The lowest BCUT2D eigenvalue weighted by atomic mass is 10.2. The van der Waals surface area contributed by atoms with Crippen LogP contribution in [-0.2, 0) is 9.84 Å². The van der Waals surface area contributed by atoms with Crippen LogP contribution in [0.25, 0.3) is 0 Å². The van der Waals surface area contributed by atoms with Crippen molar-refractivity contribution in [3.63, 3.8) is 0 Å². The first-order valence-corrected chi connectivity index (χ1v) is 7.46. The number of rotatable bonds is 3. The molecule has 9 heteroatoms. The molecule has 1 unspecified atom stereocenters. The SMILES string of the molecule is CN(c1nc(N)ccc1[N+](=O)[O-])C1CCS(=O)(=O)C1. The average molecular weight is 286 g/mol. The van der Waals surface area contributed by atoms with E-state index in [-0.39, 0.29) is 34.9 Å². The molecule has 1 atom stereocenters. The topological polar surface area (TPSA) is 119 Å². The van der Waals surface area contributed by atoms with Crippen molar-refractivity contribution in [2.24, 2.45) is 0 Å². The summed E-state index contributed by atoms with van der Waals surface area (Å²) in [5.74, 6) is 0.343. The fourth-order valence-corrected chi connectivity index (χ4v) is 3.89. The molecule has 1 aliphatic rings. The Balaban J connectivity index is 2.36. The fraction of sp³-hybridized carbons (Fsp3) is 0.500. The van der Waals surface area contributed by atoms with Gasteiger partial charge in [0, 0.05) is 19.2 Å². The monoisotopic (exact) mass is 286 g/mol. The Morgan fingerprint density at radius 2 is 2.21 bits per heavy atom. The molecule has 8 nitrogen and oxygen atoms in total. The molecule has 0 spiro atoms. The summed E-state index contributed by atoms with van der Waals surface area (Å²) in [7, 11) is -1.46. The van der Waals surface area contributed by atoms with Crippen molar-refractivity contribution >= 4 is 27.2 Å². The zero-order chi connectivity index (χ0) is 14.2. The van der Waals surface area contributed by atoms with E-state index in [1.54, 1.807) is 7.05 Å². The Hall–Kier alpha value is -1.90. The molecule has 1 aliphatic heterocycles. The third kappa shape index (κ3) is 2.75. The highest BCUT2D eigenvalue weighted by Gasteiger charge is 2.33. The third-order valence-corrected chi connectivity index (χ3v) is 4.91. The van der Waals surface area contributed by atoms with E-state index in [4.69, 9.17) is 5.73 Å². The maximum Gasteiger partial charge on any atom is 0.311 e. The lowest BCUT2D eigenvalue weighted by Gasteiger charge is -2.24. The fourth-order valence-electron chi connectivity index (χ4n) is 2.11. The zero-order valence-electron chi connectivity index (χ0n) is 10.3. The van der Waals surface area contributed by atoms with Gasteiger partial charge in [-0.15, -0.1) is 0 Å². The molecule has 2 rings (SSSR count). The molecule has 0 radical (unpaired) electrons. The molecule has 19 heavy (non-hydrogen) atoms. The molecule has 1 aromatic heterocycles. The molecule has 2 N–H and O–H groups in total. The van der Waals surface area contributed by atoms with Crippen molar-refractivity contribution in [2.45, 2.75) is 12.5 Å². The van der Waals surface area contributed by atoms with Gasteiger partial charge in [-0.2, -0.15) is 0 Å². The molecule has 0 aromatic carbocycles. The quantitative estimate of drug-likeness (QED) is 0.622. The Kier molecular flexibility index (Phi) is 3.31. The maximum absolute atomic E-state index is 11.5. The van der Waals surface area contributed by atoms with E-state index in [1.165, 1.54) is 17.0 Å². The molecule has 0 saturated carbocycles. The number of hydrogen-bond acceptors (Lipinski definition) is 7. The molecule has 1 aromatic rings. The number of sulfone groups is 1. The third-order valence-electron chi connectivity index (χ3n) is 3.16. The average Bonchev–Trinajstić information content (AvgIpc) is 2.68. The van der Waals surface area contributed by atoms with Crippen molar-refractivity contribution < 1.29 is 13.3 Å². The molecule has 1 fully saturated rings. The molecule has 0 amide bonds. The summed E-state index contributed by atoms with van der Waals surface area (Å²) in [6.07, 6.45) is 0.437. The first kappa shape index (κ1) is 13.5. The van der Waals surface area contributed by atoms with Crippen LogP contribution in [-0.4, -0.2) is 42.9 Å². The van der Waals surface area contributed by atoms with E-state index >= 15 is 0 Å². The Morgan fingerprint density at radius 3 is 2.74 bits per heavy atom. The van der Waals surface area contributed by atoms with Crippen molar-refractivity contribution in [1.29, 1.82) is 0 Å². The molecule has 0 aliphatic carbocycles. The van der Waals surface area contributed by atoms with Crippen LogP contribution in [0.3, 0.4) is 0 Å². The van der Waals surface area contributed by atoms with Crippen molar-refractivity contribution in [3.8, 4) is 0 Å². The minimum absolute atomic E-state index is 0.0167. The summed E-state index contributed by atoms with van der Waals surface area (Å²) in [5.41, 5.74) is 5.36. The summed E-state index contributed by atoms with van der Waals surface area (Å²) in [6, 6.07) is 2.32. The summed E-state index contributed by atoms with van der Waals surface area (Å²) < 4.78 is 22.9. The second kappa shape index (κ2) is 4.65. The zero-order valence-corrected chi connectivity index (χ0v) is 11.1. The second-order valence-electron chi connectivity index (χ2n) is 4.50. The van der Waals surface area contributed by atoms with Crippen LogP contribution in [0.5, 0.6) is 0 Å². The Morgan fingerprint density at radius 1 is 1.53 bits per heavy atom. The van der Waals surface area contributed by atoms with Gasteiger partial charge in [-0.3, -0.25) is 10.1 Å². The standard InChI is InChI=1S/C10H14N4O4S/c1-13(7-4-5-19(17,18)6-7)10-8(14(15)16)2-3-9(11)12-10/h2-3,7H,4-6H2,1H3,(H2,11,12). The van der Waals surface area contributed by atoms with Crippen molar-refractivity contribution in [3.05, 3.63) is 22.2 Å². The van der Waals surface area contributed by atoms with E-state index in [9.17, 15) is 18.5 Å². The predicted octanol–water partition coefficient (Wildman–Crippen LogP) is 0.195. The number of nitrogens with zero attached hydrogens (tertiary/aromatic N) is 3. The van der Waals surface area contributed by atoms with Gasteiger partial charge < -0.3 is 10.6 Å². The highest BCUT2D eigenvalue weighted by Crippen LogP contribution is 2.30. The minimum Gasteiger partial charge on any atom is -0.384 e. The number of aromatic nitrogens is 1. The molecular weight excluding hydrogens is 272 g/mol. The number of hydrogen-bond donors (Lipinski definition) is 1. The number of nitrogens with two attached hydrogens (primary N) is 1. The van der Waals surface area contributed by atoms with Crippen molar-refractivity contribution in [1.82, 2.24) is 4.98 Å². The van der Waals surface area contributed by atoms with Crippen LogP contribution in [0.2, 0.25) is 0 Å². The van der Waals surface area contributed by atoms with Crippen LogP contribution in [0, 0.1) is 10.1 Å². The van der Waals surface area contributed by atoms with Gasteiger partial charge in [-0.1, -0.05) is 0 Å². The van der Waals surface area contributed by atoms with Gasteiger partial charge in [0.2, 0.25) is 5.82 Å². The summed E-state index contributed by atoms with van der Waals surface area (Å²) in [4.78, 5) is 15.9. The lowest BCUT2D eigenvalue weighted by Crippen LogP contribution is -2.33. The van der Waals surface area contributed by atoms with Crippen LogP contribution in [0.1, 0.15) is 6.42 Å². The van der Waals surface area contributed by atoms with E-state index < -0.39 is 14.8 Å². The van der Waals surface area contributed by atoms with Gasteiger partial charge in [0.05, 0.1) is 16.4 Å². The molecular formula is C10H14N4O4S. The van der Waals surface area contributed by atoms with Gasteiger partial charge in [-0.05, 0) is 12.5 Å². The van der Waals surface area contributed by atoms with Gasteiger partial charge >= 0.3 is 5.69 Å². The van der Waals surface area contributed by atoms with E-state index in [2.05, 4.69) is 4.98 Å². The lowest BCUT2D eigenvalue weighted by molar-refractivity contribution is -0.384. The molecule has 104 valence electrons. The van der Waals surface area contributed by atoms with Crippen molar-refractivity contribution in [2.75, 3.05) is 29.2 Å². The Bertz CT molecular complexity index is 616. The van der Waals surface area contributed by atoms with E-state index in [1.807, 2.05) is 0 Å². The number of anilines is 2. The van der Waals surface area contributed by atoms with Crippen LogP contribution in [0.4, 0.5) is 17.3 Å². The number of nitrogen functional groups attached to an aromatic ring is 1. The number of pyridine rings is 1. The summed E-state index contributed by atoms with van der Waals surface area (Å²) in [5, 5.41) is 11.0. The molecule has 2 heterocycles. The minimum atomic E-state index is -3.06. The molecule has 1 saturated heterocycles. The summed E-state index contributed by atoms with van der Waals surface area (Å²) in [6.45, 7) is 0. The maximum atomic E-state index is 11.5. The van der Waals surface area contributed by atoms with E-state index in [0.717, 1.165) is 0 Å². The van der Waals surface area contributed by atoms with Crippen LogP contribution in [0.15, 0.2) is 12.1 Å². The van der Waals surface area contributed by atoms with Gasteiger partial charge in [0.15, 0.2) is 9.84 Å². The van der Waals surface area contributed by atoms with E-state index in [0.29, 0.717) is 6.42 Å². The van der Waals surface area contributed by atoms with Crippen LogP contribution < -0.4 is 10.6 Å². The summed E-state index contributed by atoms with van der Waals surface area (Å²) >= 11 is 0. The second-order valence-corrected chi connectivity index (χ2v) is 6.73. The highest BCUT2D eigenvalue weighted by atomic mass is 32.2. The van der Waals surface area contributed by atoms with Crippen LogP contribution >= 0.6 is 0 Å². The smallest absolute Gasteiger partial charge is 0.311 e. The highest BCUT2D eigenvalue weighted by molar-refractivity contribution is 7.91. The number of nitro groups is 1. The first-order chi connectivity index (χ1) is 8.80. The largest absolute Gasteiger partial charge is 0.384 e. The first-order valence-electron chi connectivity index (χ1n) is 5.64. The molecule has 0 bridgehead atoms. The van der Waals surface area contributed by atoms with Gasteiger partial charge in [0.1, 0.15) is 5.82 Å². The predicted molar refractivity (Wildman–Crippen MR) is 70.8 cm³/mol.